The van der Waals surface area contributed by atoms with E-state index >= 15 is 0 Å². The Bertz CT molecular complexity index is 863. The number of fused-ring (bicyclic) bond motifs is 1. The molecule has 0 fully saturated rings. The quantitative estimate of drug-likeness (QED) is 0.631. The zero-order valence-corrected chi connectivity index (χ0v) is 12.8. The second kappa shape index (κ2) is 5.45. The first-order chi connectivity index (χ1) is 11.6. The van der Waals surface area contributed by atoms with Gasteiger partial charge in [-0.15, -0.1) is 0 Å². The molecular formula is C17H13N3O4. The Hall–Kier alpha value is -3.22. The van der Waals surface area contributed by atoms with Gasteiger partial charge in [0.05, 0.1) is 5.71 Å². The predicted octanol–water partition coefficient (Wildman–Crippen LogP) is 1.49. The zero-order valence-electron chi connectivity index (χ0n) is 12.8. The van der Waals surface area contributed by atoms with Crippen LogP contribution in [0.2, 0.25) is 0 Å². The number of pyridine rings is 1. The van der Waals surface area contributed by atoms with Crippen molar-refractivity contribution in [3.05, 3.63) is 53.9 Å². The van der Waals surface area contributed by atoms with Gasteiger partial charge in [-0.05, 0) is 30.3 Å². The molecule has 1 amide bonds. The topological polar surface area (TPSA) is 81.1 Å². The minimum Gasteiger partial charge on any atom is -0.454 e. The van der Waals surface area contributed by atoms with E-state index in [0.29, 0.717) is 28.3 Å². The van der Waals surface area contributed by atoms with Gasteiger partial charge in [-0.1, -0.05) is 0 Å². The van der Waals surface area contributed by atoms with Crippen molar-refractivity contribution < 1.29 is 19.1 Å². The summed E-state index contributed by atoms with van der Waals surface area (Å²) in [5.74, 6) is -0.563. The summed E-state index contributed by atoms with van der Waals surface area (Å²) >= 11 is 0. The summed E-state index contributed by atoms with van der Waals surface area (Å²) in [5.41, 5.74) is 1.50. The Morgan fingerprint density at radius 3 is 2.71 bits per heavy atom. The number of nitrogens with zero attached hydrogens (tertiary/aromatic N) is 3. The van der Waals surface area contributed by atoms with Crippen LogP contribution in [0.25, 0.3) is 0 Å². The molecule has 1 aromatic heterocycles. The van der Waals surface area contributed by atoms with Gasteiger partial charge in [0.2, 0.25) is 6.79 Å². The molecule has 0 aliphatic carbocycles. The SMILES string of the molecule is CN1N=C(c2ccncc2)[C@@H](C(=O)c2ccc3c(c2)OCO3)C1=O. The highest BCUT2D eigenvalue weighted by Crippen LogP contribution is 2.34. The fraction of sp³-hybridized carbons (Fsp3) is 0.176. The fourth-order valence-corrected chi connectivity index (χ4v) is 2.77. The second-order valence-corrected chi connectivity index (χ2v) is 5.45. The number of carbonyl (C=O) groups is 2. The molecule has 2 aliphatic rings. The van der Waals surface area contributed by atoms with Crippen LogP contribution in [-0.2, 0) is 4.79 Å². The highest BCUT2D eigenvalue weighted by Gasteiger charge is 2.40. The average molecular weight is 323 g/mol. The van der Waals surface area contributed by atoms with Crippen LogP contribution in [0.5, 0.6) is 11.5 Å². The van der Waals surface area contributed by atoms with Crippen LogP contribution in [0.3, 0.4) is 0 Å². The molecule has 7 heteroatoms. The van der Waals surface area contributed by atoms with Gasteiger partial charge in [0.15, 0.2) is 17.3 Å². The third-order valence-corrected chi connectivity index (χ3v) is 3.99. The van der Waals surface area contributed by atoms with Gasteiger partial charge in [0, 0.05) is 30.6 Å². The van der Waals surface area contributed by atoms with Gasteiger partial charge in [-0.25, -0.2) is 5.01 Å². The first-order valence-electron chi connectivity index (χ1n) is 7.35. The van der Waals surface area contributed by atoms with Crippen molar-refractivity contribution in [2.24, 2.45) is 11.0 Å². The Morgan fingerprint density at radius 1 is 1.17 bits per heavy atom. The number of hydrogen-bond donors (Lipinski definition) is 0. The second-order valence-electron chi connectivity index (χ2n) is 5.45. The Labute approximate surface area is 137 Å². The first kappa shape index (κ1) is 14.4. The van der Waals surface area contributed by atoms with Gasteiger partial charge < -0.3 is 9.47 Å². The molecule has 0 saturated heterocycles. The van der Waals surface area contributed by atoms with Crippen LogP contribution in [0, 0.1) is 5.92 Å². The van der Waals surface area contributed by atoms with E-state index in [9.17, 15) is 9.59 Å². The number of ketones is 1. The number of rotatable bonds is 3. The van der Waals surface area contributed by atoms with Crippen LogP contribution < -0.4 is 9.47 Å². The monoisotopic (exact) mass is 323 g/mol. The average Bonchev–Trinajstić information content (AvgIpc) is 3.19. The Kier molecular flexibility index (Phi) is 3.26. The summed E-state index contributed by atoms with van der Waals surface area (Å²) in [4.78, 5) is 29.4. The molecule has 2 aromatic rings. The highest BCUT2D eigenvalue weighted by atomic mass is 16.7. The van der Waals surface area contributed by atoms with Gasteiger partial charge in [-0.3, -0.25) is 14.6 Å². The van der Waals surface area contributed by atoms with E-state index in [-0.39, 0.29) is 18.5 Å². The molecule has 1 atom stereocenters. The molecule has 24 heavy (non-hydrogen) atoms. The van der Waals surface area contributed by atoms with E-state index in [4.69, 9.17) is 9.47 Å². The van der Waals surface area contributed by atoms with Crippen LogP contribution in [0.15, 0.2) is 47.8 Å². The summed E-state index contributed by atoms with van der Waals surface area (Å²) in [5, 5.41) is 5.44. The van der Waals surface area contributed by atoms with E-state index < -0.39 is 5.92 Å². The summed E-state index contributed by atoms with van der Waals surface area (Å²) < 4.78 is 10.6. The normalized spacial score (nSPS) is 18.7. The molecule has 0 radical (unpaired) electrons. The van der Waals surface area contributed by atoms with E-state index in [1.54, 1.807) is 42.7 Å². The van der Waals surface area contributed by atoms with Crippen molar-refractivity contribution >= 4 is 17.4 Å². The smallest absolute Gasteiger partial charge is 0.259 e. The lowest BCUT2D eigenvalue weighted by Gasteiger charge is -2.11. The van der Waals surface area contributed by atoms with Crippen molar-refractivity contribution in [2.45, 2.75) is 0 Å². The molecule has 0 N–H and O–H groups in total. The van der Waals surface area contributed by atoms with Crippen molar-refractivity contribution in [3.8, 4) is 11.5 Å². The maximum Gasteiger partial charge on any atom is 0.259 e. The van der Waals surface area contributed by atoms with Gasteiger partial charge in [0.25, 0.3) is 5.91 Å². The van der Waals surface area contributed by atoms with Crippen LogP contribution >= 0.6 is 0 Å². The number of hydrazone groups is 1. The lowest BCUT2D eigenvalue weighted by molar-refractivity contribution is -0.129. The number of aromatic nitrogens is 1. The third kappa shape index (κ3) is 2.21. The zero-order chi connectivity index (χ0) is 16.7. The number of benzene rings is 1. The predicted molar refractivity (Wildman–Crippen MR) is 83.9 cm³/mol. The number of carbonyl (C=O) groups excluding carboxylic acids is 2. The summed E-state index contributed by atoms with van der Waals surface area (Å²) in [6.07, 6.45) is 3.20. The lowest BCUT2D eigenvalue weighted by Crippen LogP contribution is -2.32. The molecule has 2 aliphatic heterocycles. The van der Waals surface area contributed by atoms with E-state index in [0.717, 1.165) is 0 Å². The number of hydrogen-bond acceptors (Lipinski definition) is 6. The molecule has 0 spiro atoms. The molecule has 0 saturated carbocycles. The van der Waals surface area contributed by atoms with Gasteiger partial charge >= 0.3 is 0 Å². The fourth-order valence-electron chi connectivity index (χ4n) is 2.77. The van der Waals surface area contributed by atoms with Crippen LogP contribution in [-0.4, -0.2) is 41.2 Å². The maximum atomic E-state index is 12.9. The lowest BCUT2D eigenvalue weighted by atomic mass is 9.89. The van der Waals surface area contributed by atoms with Crippen molar-refractivity contribution in [1.82, 2.24) is 9.99 Å². The van der Waals surface area contributed by atoms with E-state index in [1.165, 1.54) is 12.1 Å². The highest BCUT2D eigenvalue weighted by molar-refractivity contribution is 6.31. The van der Waals surface area contributed by atoms with Crippen LogP contribution in [0.4, 0.5) is 0 Å². The molecular weight excluding hydrogens is 310 g/mol. The van der Waals surface area contributed by atoms with Crippen molar-refractivity contribution in [1.29, 1.82) is 0 Å². The van der Waals surface area contributed by atoms with E-state index in [2.05, 4.69) is 10.1 Å². The van der Waals surface area contributed by atoms with Crippen LogP contribution in [0.1, 0.15) is 15.9 Å². The molecule has 0 unspecified atom stereocenters. The third-order valence-electron chi connectivity index (χ3n) is 3.99. The molecule has 7 nitrogen and oxygen atoms in total. The summed E-state index contributed by atoms with van der Waals surface area (Å²) in [6, 6.07) is 8.35. The van der Waals surface area contributed by atoms with Crippen molar-refractivity contribution in [3.63, 3.8) is 0 Å². The summed E-state index contributed by atoms with van der Waals surface area (Å²) in [7, 11) is 1.54. The van der Waals surface area contributed by atoms with Gasteiger partial charge in [-0.2, -0.15) is 5.10 Å². The Morgan fingerprint density at radius 2 is 1.92 bits per heavy atom. The number of Topliss-reactive ketones (excluding diaryl/α,β-unsaturated/α-hetero) is 1. The molecule has 1 aromatic carbocycles. The van der Waals surface area contributed by atoms with Crippen molar-refractivity contribution in [2.75, 3.05) is 13.8 Å². The largest absolute Gasteiger partial charge is 0.454 e. The molecule has 120 valence electrons. The standard InChI is InChI=1S/C17H13N3O4/c1-20-17(22)14(15(19-20)10-4-6-18-7-5-10)16(21)11-2-3-12-13(8-11)24-9-23-12/h2-8,14H,9H2,1H3/t14-/m0/s1. The maximum absolute atomic E-state index is 12.9. The molecule has 4 rings (SSSR count). The summed E-state index contributed by atoms with van der Waals surface area (Å²) in [6.45, 7) is 0.127. The minimum atomic E-state index is -0.974. The Balaban J connectivity index is 1.72. The van der Waals surface area contributed by atoms with E-state index in [1.807, 2.05) is 0 Å². The molecule has 3 heterocycles. The molecule has 0 bridgehead atoms. The number of amides is 1. The van der Waals surface area contributed by atoms with Gasteiger partial charge in [0.1, 0.15) is 5.92 Å². The minimum absolute atomic E-state index is 0.127. The number of ether oxygens (including phenoxy) is 2. The first-order valence-corrected chi connectivity index (χ1v) is 7.35.